The fourth-order valence-corrected chi connectivity index (χ4v) is 4.02. The number of carbonyl (C=O) groups is 3. The predicted molar refractivity (Wildman–Crippen MR) is 133 cm³/mol. The predicted octanol–water partition coefficient (Wildman–Crippen LogP) is 3.08. The minimum Gasteiger partial charge on any atom is -0.491 e. The van der Waals surface area contributed by atoms with E-state index in [0.29, 0.717) is 42.2 Å². The van der Waals surface area contributed by atoms with E-state index in [0.717, 1.165) is 0 Å². The number of hydrogen-bond donors (Lipinski definition) is 1. The molecule has 0 saturated heterocycles. The summed E-state index contributed by atoms with van der Waals surface area (Å²) in [5.74, 6) is -0.264. The first kappa shape index (κ1) is 26.2. The highest BCUT2D eigenvalue weighted by molar-refractivity contribution is 5.99. The second-order valence-corrected chi connectivity index (χ2v) is 8.88. The van der Waals surface area contributed by atoms with Crippen LogP contribution in [0.3, 0.4) is 0 Å². The lowest BCUT2D eigenvalue weighted by Gasteiger charge is -2.36. The topological polar surface area (TPSA) is 101 Å². The van der Waals surface area contributed by atoms with Gasteiger partial charge in [-0.2, -0.15) is 0 Å². The summed E-state index contributed by atoms with van der Waals surface area (Å²) >= 11 is 0. The highest BCUT2D eigenvalue weighted by Gasteiger charge is 2.31. The van der Waals surface area contributed by atoms with E-state index < -0.39 is 0 Å². The van der Waals surface area contributed by atoms with E-state index in [1.807, 2.05) is 13.8 Å². The normalized spacial score (nSPS) is 21.3. The van der Waals surface area contributed by atoms with Crippen LogP contribution >= 0.6 is 0 Å². The molecule has 0 bridgehead atoms. The molecule has 3 rings (SSSR count). The number of anilines is 1. The molecule has 0 saturated carbocycles. The van der Waals surface area contributed by atoms with Crippen LogP contribution in [0.5, 0.6) is 5.75 Å². The van der Waals surface area contributed by atoms with Crippen molar-refractivity contribution in [2.24, 2.45) is 5.92 Å². The van der Waals surface area contributed by atoms with Gasteiger partial charge in [0.1, 0.15) is 18.1 Å². The van der Waals surface area contributed by atoms with Crippen molar-refractivity contribution in [3.05, 3.63) is 53.9 Å². The van der Waals surface area contributed by atoms with Crippen molar-refractivity contribution in [1.29, 1.82) is 0 Å². The monoisotopic (exact) mass is 482 g/mol. The van der Waals surface area contributed by atoms with Crippen molar-refractivity contribution in [1.82, 2.24) is 14.8 Å². The zero-order valence-corrected chi connectivity index (χ0v) is 21.0. The number of fused-ring (bicyclic) bond motifs is 1. The highest BCUT2D eigenvalue weighted by atomic mass is 16.5. The average Bonchev–Trinajstić information content (AvgIpc) is 2.88. The van der Waals surface area contributed by atoms with Crippen molar-refractivity contribution in [3.8, 4) is 5.75 Å². The molecular weight excluding hydrogens is 448 g/mol. The largest absolute Gasteiger partial charge is 0.491 e. The van der Waals surface area contributed by atoms with Crippen LogP contribution in [0, 0.1) is 5.92 Å². The Kier molecular flexibility index (Phi) is 8.81. The van der Waals surface area contributed by atoms with Gasteiger partial charge < -0.3 is 24.6 Å². The molecule has 1 aromatic heterocycles. The van der Waals surface area contributed by atoms with Gasteiger partial charge >= 0.3 is 0 Å². The summed E-state index contributed by atoms with van der Waals surface area (Å²) < 4.78 is 11.8. The third kappa shape index (κ3) is 6.36. The molecule has 1 N–H and O–H groups in total. The summed E-state index contributed by atoms with van der Waals surface area (Å²) in [5, 5.41) is 2.79. The Bertz CT molecular complexity index is 1050. The molecule has 35 heavy (non-hydrogen) atoms. The van der Waals surface area contributed by atoms with Gasteiger partial charge in [-0.1, -0.05) is 19.9 Å². The molecule has 0 fully saturated rings. The molecule has 0 spiro atoms. The van der Waals surface area contributed by atoms with Crippen LogP contribution < -0.4 is 10.1 Å². The minimum atomic E-state index is -0.304. The average molecular weight is 483 g/mol. The van der Waals surface area contributed by atoms with Crippen molar-refractivity contribution in [2.75, 3.05) is 39.2 Å². The second kappa shape index (κ2) is 11.8. The van der Waals surface area contributed by atoms with Crippen molar-refractivity contribution in [3.63, 3.8) is 0 Å². The molecule has 2 heterocycles. The molecule has 188 valence electrons. The molecular formula is C26H34N4O5. The number of amides is 3. The number of ether oxygens (including phenoxy) is 2. The number of carbonyl (C=O) groups excluding carboxylic acids is 3. The summed E-state index contributed by atoms with van der Waals surface area (Å²) in [6.07, 6.45) is 1.62. The molecule has 9 nitrogen and oxygen atoms in total. The molecule has 1 aliphatic rings. The highest BCUT2D eigenvalue weighted by Crippen LogP contribution is 2.27. The van der Waals surface area contributed by atoms with Crippen LogP contribution in [0.4, 0.5) is 5.69 Å². The number of likely N-dealkylation sites (N-methyl/N-ethyl adjacent to an activating group) is 1. The van der Waals surface area contributed by atoms with E-state index in [1.165, 1.54) is 0 Å². The zero-order chi connectivity index (χ0) is 25.5. The van der Waals surface area contributed by atoms with E-state index in [9.17, 15) is 14.4 Å². The van der Waals surface area contributed by atoms with E-state index >= 15 is 0 Å². The first-order valence-electron chi connectivity index (χ1n) is 11.8. The van der Waals surface area contributed by atoms with Gasteiger partial charge in [-0.25, -0.2) is 0 Å². The van der Waals surface area contributed by atoms with Gasteiger partial charge in [0.15, 0.2) is 0 Å². The third-order valence-electron chi connectivity index (χ3n) is 6.19. The maximum Gasteiger partial charge on any atom is 0.272 e. The fourth-order valence-electron chi connectivity index (χ4n) is 4.02. The Morgan fingerprint density at radius 2 is 1.97 bits per heavy atom. The standard InChI is InChI=1S/C26H34N4O5/c1-6-24(31)28-19-10-11-22-20(13-19)25(32)29(4)15-23(34-5)17(2)14-30(18(3)16-35-22)26(33)21-9-7-8-12-27-21/h7-13,17-18,23H,6,14-16H2,1-5H3,(H,28,31)/t17-,18+,23+/m0/s1. The van der Waals surface area contributed by atoms with Gasteiger partial charge in [-0.15, -0.1) is 0 Å². The van der Waals surface area contributed by atoms with Crippen molar-refractivity contribution < 1.29 is 23.9 Å². The molecule has 2 aromatic rings. The summed E-state index contributed by atoms with van der Waals surface area (Å²) in [5.41, 5.74) is 1.21. The van der Waals surface area contributed by atoms with Crippen molar-refractivity contribution >= 4 is 23.4 Å². The number of hydrogen-bond acceptors (Lipinski definition) is 6. The Hall–Kier alpha value is -3.46. The van der Waals surface area contributed by atoms with Crippen LogP contribution in [-0.4, -0.2) is 78.5 Å². The first-order valence-corrected chi connectivity index (χ1v) is 11.8. The third-order valence-corrected chi connectivity index (χ3v) is 6.19. The number of methoxy groups -OCH3 is 1. The lowest BCUT2D eigenvalue weighted by atomic mass is 10.0. The lowest BCUT2D eigenvalue weighted by Crippen LogP contribution is -2.48. The van der Waals surface area contributed by atoms with Crippen LogP contribution in [0.15, 0.2) is 42.6 Å². The number of nitrogens with zero attached hydrogens (tertiary/aromatic N) is 3. The molecule has 3 atom stereocenters. The van der Waals surface area contributed by atoms with E-state index in [4.69, 9.17) is 9.47 Å². The van der Waals surface area contributed by atoms with Gasteiger partial charge in [0.05, 0.1) is 17.7 Å². The van der Waals surface area contributed by atoms with E-state index in [-0.39, 0.29) is 42.4 Å². The van der Waals surface area contributed by atoms with E-state index in [1.54, 1.807) is 73.5 Å². The molecule has 0 unspecified atom stereocenters. The smallest absolute Gasteiger partial charge is 0.272 e. The molecule has 1 aliphatic heterocycles. The van der Waals surface area contributed by atoms with Crippen LogP contribution in [-0.2, 0) is 9.53 Å². The van der Waals surface area contributed by atoms with Gasteiger partial charge in [0.2, 0.25) is 5.91 Å². The number of pyridine rings is 1. The molecule has 1 aromatic carbocycles. The number of aromatic nitrogens is 1. The number of rotatable bonds is 4. The molecule has 0 aliphatic carbocycles. The summed E-state index contributed by atoms with van der Waals surface area (Å²) in [4.78, 5) is 46.2. The lowest BCUT2D eigenvalue weighted by molar-refractivity contribution is -0.115. The second-order valence-electron chi connectivity index (χ2n) is 8.88. The van der Waals surface area contributed by atoms with Gasteiger partial charge in [-0.05, 0) is 37.3 Å². The molecule has 9 heteroatoms. The van der Waals surface area contributed by atoms with Gasteiger partial charge in [0.25, 0.3) is 11.8 Å². The van der Waals surface area contributed by atoms with Crippen LogP contribution in [0.1, 0.15) is 48.0 Å². The number of nitrogens with one attached hydrogen (secondary N) is 1. The van der Waals surface area contributed by atoms with Crippen molar-refractivity contribution in [2.45, 2.75) is 39.3 Å². The maximum atomic E-state index is 13.4. The summed E-state index contributed by atoms with van der Waals surface area (Å²) in [6.45, 7) is 6.57. The Morgan fingerprint density at radius 1 is 1.20 bits per heavy atom. The fraction of sp³-hybridized carbons (Fsp3) is 0.462. The Morgan fingerprint density at radius 3 is 2.63 bits per heavy atom. The minimum absolute atomic E-state index is 0.0700. The number of benzene rings is 1. The Labute approximate surface area is 206 Å². The summed E-state index contributed by atoms with van der Waals surface area (Å²) in [7, 11) is 3.31. The SMILES string of the molecule is CCC(=O)Nc1ccc2c(c1)C(=O)N(C)C[C@@H](OC)[C@@H](C)CN(C(=O)c1ccccn1)[C@H](C)CO2. The van der Waals surface area contributed by atoms with Gasteiger partial charge in [0, 0.05) is 51.5 Å². The quantitative estimate of drug-likeness (QED) is 0.719. The first-order chi connectivity index (χ1) is 16.7. The summed E-state index contributed by atoms with van der Waals surface area (Å²) in [6, 6.07) is 9.94. The van der Waals surface area contributed by atoms with Gasteiger partial charge in [-0.3, -0.25) is 19.4 Å². The van der Waals surface area contributed by atoms with Crippen LogP contribution in [0.2, 0.25) is 0 Å². The zero-order valence-electron chi connectivity index (χ0n) is 21.0. The maximum absolute atomic E-state index is 13.4. The molecule has 0 radical (unpaired) electrons. The van der Waals surface area contributed by atoms with Crippen LogP contribution in [0.25, 0.3) is 0 Å². The Balaban J connectivity index is 1.98. The van der Waals surface area contributed by atoms with E-state index in [2.05, 4.69) is 10.3 Å². The molecule has 3 amide bonds.